The lowest BCUT2D eigenvalue weighted by atomic mass is 10.1. The van der Waals surface area contributed by atoms with E-state index in [1.54, 1.807) is 0 Å². The molecule has 0 spiro atoms. The molecule has 4 rings (SSSR count). The average Bonchev–Trinajstić information content (AvgIpc) is 2.84. The van der Waals surface area contributed by atoms with Crippen LogP contribution < -0.4 is 5.32 Å². The van der Waals surface area contributed by atoms with Gasteiger partial charge in [-0.1, -0.05) is 18.2 Å². The quantitative estimate of drug-likeness (QED) is 0.520. The average molecular weight is 295 g/mol. The molecule has 0 atom stereocenters. The van der Waals surface area contributed by atoms with Crippen LogP contribution in [0.5, 0.6) is 0 Å². The van der Waals surface area contributed by atoms with E-state index < -0.39 is 11.6 Å². The summed E-state index contributed by atoms with van der Waals surface area (Å²) in [5.41, 5.74) is 2.69. The van der Waals surface area contributed by atoms with Gasteiger partial charge in [0.15, 0.2) is 0 Å². The van der Waals surface area contributed by atoms with Crippen molar-refractivity contribution in [3.05, 3.63) is 72.3 Å². The number of nitrogens with one attached hydrogen (secondary N) is 1. The van der Waals surface area contributed by atoms with Crippen LogP contribution >= 0.6 is 0 Å². The summed E-state index contributed by atoms with van der Waals surface area (Å²) in [6, 6.07) is 16.7. The molecule has 2 nitrogen and oxygen atoms in total. The maximum Gasteiger partial charge on any atom is 0.135 e. The highest BCUT2D eigenvalue weighted by molar-refractivity contribution is 6.06. The number of anilines is 2. The molecule has 108 valence electrons. The van der Waals surface area contributed by atoms with Gasteiger partial charge in [0.2, 0.25) is 0 Å². The number of halogens is 2. The Labute approximate surface area is 125 Å². The summed E-state index contributed by atoms with van der Waals surface area (Å²) in [5.74, 6) is -1.23. The zero-order chi connectivity index (χ0) is 15.1. The molecule has 3 aromatic carbocycles. The minimum atomic E-state index is -0.614. The van der Waals surface area contributed by atoms with Crippen molar-refractivity contribution in [2.24, 2.45) is 0 Å². The van der Waals surface area contributed by atoms with Crippen LogP contribution in [-0.2, 0) is 0 Å². The molecule has 0 aliphatic heterocycles. The molecule has 0 saturated carbocycles. The molecule has 1 N–H and O–H groups in total. The Balaban J connectivity index is 1.80. The molecule has 4 aromatic rings. The Morgan fingerprint density at radius 3 is 2.23 bits per heavy atom. The van der Waals surface area contributed by atoms with Crippen LogP contribution in [0.25, 0.3) is 21.9 Å². The maximum absolute atomic E-state index is 13.2. The van der Waals surface area contributed by atoms with Gasteiger partial charge in [-0.05, 0) is 36.4 Å². The highest BCUT2D eigenvalue weighted by atomic mass is 19.1. The van der Waals surface area contributed by atoms with Crippen molar-refractivity contribution in [2.45, 2.75) is 0 Å². The van der Waals surface area contributed by atoms with Crippen LogP contribution in [-0.4, -0.2) is 0 Å². The van der Waals surface area contributed by atoms with Crippen LogP contribution in [0.1, 0.15) is 0 Å². The zero-order valence-electron chi connectivity index (χ0n) is 11.4. The number of hydrogen-bond acceptors (Lipinski definition) is 2. The van der Waals surface area contributed by atoms with Crippen molar-refractivity contribution in [3.63, 3.8) is 0 Å². The molecular formula is C18H11F2NO. The molecule has 0 fully saturated rings. The Morgan fingerprint density at radius 2 is 1.41 bits per heavy atom. The fraction of sp³-hybridized carbons (Fsp3) is 0. The van der Waals surface area contributed by atoms with Crippen LogP contribution in [0.4, 0.5) is 20.2 Å². The predicted molar refractivity (Wildman–Crippen MR) is 83.4 cm³/mol. The van der Waals surface area contributed by atoms with E-state index in [1.165, 1.54) is 12.1 Å². The molecule has 0 radical (unpaired) electrons. The zero-order valence-corrected chi connectivity index (χ0v) is 11.4. The molecule has 22 heavy (non-hydrogen) atoms. The van der Waals surface area contributed by atoms with E-state index in [4.69, 9.17) is 4.42 Å². The molecule has 1 heterocycles. The second-order valence-electron chi connectivity index (χ2n) is 5.09. The fourth-order valence-electron chi connectivity index (χ4n) is 2.60. The lowest BCUT2D eigenvalue weighted by Crippen LogP contribution is -1.92. The third-order valence-electron chi connectivity index (χ3n) is 3.53. The second kappa shape index (κ2) is 4.84. The molecule has 0 saturated heterocycles. The van der Waals surface area contributed by atoms with Gasteiger partial charge in [0.1, 0.15) is 22.8 Å². The first kappa shape index (κ1) is 12.8. The topological polar surface area (TPSA) is 25.2 Å². The highest BCUT2D eigenvalue weighted by Crippen LogP contribution is 2.31. The lowest BCUT2D eigenvalue weighted by Gasteiger charge is -2.07. The first-order valence-electron chi connectivity index (χ1n) is 6.83. The third kappa shape index (κ3) is 2.19. The number of rotatable bonds is 2. The van der Waals surface area contributed by atoms with Crippen LogP contribution in [0, 0.1) is 11.6 Å². The van der Waals surface area contributed by atoms with Crippen molar-refractivity contribution >= 4 is 33.3 Å². The number of benzene rings is 3. The SMILES string of the molecule is Fc1cc(F)cc(Nc2ccc3oc4ccccc4c3c2)c1. The summed E-state index contributed by atoms with van der Waals surface area (Å²) in [4.78, 5) is 0. The number of fused-ring (bicyclic) bond motifs is 3. The van der Waals surface area contributed by atoms with Gasteiger partial charge in [-0.3, -0.25) is 0 Å². The van der Waals surface area contributed by atoms with E-state index >= 15 is 0 Å². The largest absolute Gasteiger partial charge is 0.456 e. The summed E-state index contributed by atoms with van der Waals surface area (Å²) >= 11 is 0. The van der Waals surface area contributed by atoms with E-state index in [1.807, 2.05) is 42.5 Å². The van der Waals surface area contributed by atoms with Gasteiger partial charge in [-0.15, -0.1) is 0 Å². The molecule has 0 bridgehead atoms. The Morgan fingerprint density at radius 1 is 0.682 bits per heavy atom. The number of hydrogen-bond donors (Lipinski definition) is 1. The first-order chi connectivity index (χ1) is 10.7. The van der Waals surface area contributed by atoms with E-state index in [2.05, 4.69) is 5.32 Å². The van der Waals surface area contributed by atoms with E-state index in [-0.39, 0.29) is 0 Å². The third-order valence-corrected chi connectivity index (χ3v) is 3.53. The summed E-state index contributed by atoms with van der Waals surface area (Å²) in [5, 5.41) is 4.97. The van der Waals surface area contributed by atoms with E-state index in [0.29, 0.717) is 5.69 Å². The standard InChI is InChI=1S/C18H11F2NO/c19-11-7-12(20)9-14(8-11)21-13-5-6-18-16(10-13)15-3-1-2-4-17(15)22-18/h1-10,21H. The van der Waals surface area contributed by atoms with Gasteiger partial charge in [0.25, 0.3) is 0 Å². The molecule has 0 unspecified atom stereocenters. The maximum atomic E-state index is 13.2. The van der Waals surface area contributed by atoms with Gasteiger partial charge < -0.3 is 9.73 Å². The van der Waals surface area contributed by atoms with Gasteiger partial charge in [0.05, 0.1) is 0 Å². The first-order valence-corrected chi connectivity index (χ1v) is 6.83. The van der Waals surface area contributed by atoms with E-state index in [9.17, 15) is 8.78 Å². The summed E-state index contributed by atoms with van der Waals surface area (Å²) in [6.45, 7) is 0. The van der Waals surface area contributed by atoms with Crippen molar-refractivity contribution in [2.75, 3.05) is 5.32 Å². The normalized spacial score (nSPS) is 11.2. The Bertz CT molecular complexity index is 971. The van der Waals surface area contributed by atoms with Crippen molar-refractivity contribution in [1.82, 2.24) is 0 Å². The smallest absolute Gasteiger partial charge is 0.135 e. The summed E-state index contributed by atoms with van der Waals surface area (Å²) in [7, 11) is 0. The number of para-hydroxylation sites is 1. The van der Waals surface area contributed by atoms with Gasteiger partial charge in [0, 0.05) is 28.2 Å². The van der Waals surface area contributed by atoms with Gasteiger partial charge in [-0.2, -0.15) is 0 Å². The van der Waals surface area contributed by atoms with E-state index in [0.717, 1.165) is 33.7 Å². The monoisotopic (exact) mass is 295 g/mol. The summed E-state index contributed by atoms with van der Waals surface area (Å²) < 4.78 is 32.2. The van der Waals surface area contributed by atoms with Crippen LogP contribution in [0.2, 0.25) is 0 Å². The fourth-order valence-corrected chi connectivity index (χ4v) is 2.60. The molecule has 0 aliphatic rings. The minimum Gasteiger partial charge on any atom is -0.456 e. The van der Waals surface area contributed by atoms with Gasteiger partial charge >= 0.3 is 0 Å². The molecule has 0 aliphatic carbocycles. The molecular weight excluding hydrogens is 284 g/mol. The second-order valence-corrected chi connectivity index (χ2v) is 5.09. The summed E-state index contributed by atoms with van der Waals surface area (Å²) in [6.07, 6.45) is 0. The predicted octanol–water partition coefficient (Wildman–Crippen LogP) is 5.61. The highest BCUT2D eigenvalue weighted by Gasteiger charge is 2.07. The minimum absolute atomic E-state index is 0.365. The van der Waals surface area contributed by atoms with Crippen molar-refractivity contribution in [3.8, 4) is 0 Å². The lowest BCUT2D eigenvalue weighted by molar-refractivity contribution is 0.584. The Kier molecular flexibility index (Phi) is 2.82. The molecule has 4 heteroatoms. The van der Waals surface area contributed by atoms with Gasteiger partial charge in [-0.25, -0.2) is 8.78 Å². The van der Waals surface area contributed by atoms with Crippen LogP contribution in [0.3, 0.4) is 0 Å². The van der Waals surface area contributed by atoms with Crippen molar-refractivity contribution < 1.29 is 13.2 Å². The molecule has 0 amide bonds. The van der Waals surface area contributed by atoms with Crippen LogP contribution in [0.15, 0.2) is 65.1 Å². The van der Waals surface area contributed by atoms with Crippen molar-refractivity contribution in [1.29, 1.82) is 0 Å². The molecule has 1 aromatic heterocycles. The number of furan rings is 1. The Hall–Kier alpha value is -2.88.